The average Bonchev–Trinajstić information content (AvgIpc) is 2.19. The molecule has 0 saturated carbocycles. The molecule has 0 fully saturated rings. The van der Waals surface area contributed by atoms with Crippen LogP contribution in [0.15, 0.2) is 12.5 Å². The van der Waals surface area contributed by atoms with E-state index >= 15 is 0 Å². The summed E-state index contributed by atoms with van der Waals surface area (Å²) in [5.41, 5.74) is 6.30. The van der Waals surface area contributed by atoms with Crippen molar-refractivity contribution in [1.29, 1.82) is 0 Å². The van der Waals surface area contributed by atoms with Crippen molar-refractivity contribution in [3.05, 3.63) is 18.2 Å². The van der Waals surface area contributed by atoms with Gasteiger partial charge in [-0.15, -0.1) is 0 Å². The van der Waals surface area contributed by atoms with Gasteiger partial charge in [0, 0.05) is 12.6 Å². The minimum absolute atomic E-state index is 0. The summed E-state index contributed by atoms with van der Waals surface area (Å²) in [6.45, 7) is 0.671. The Morgan fingerprint density at radius 1 is 1.67 bits per heavy atom. The van der Waals surface area contributed by atoms with E-state index in [0.717, 1.165) is 12.1 Å². The minimum Gasteiger partial charge on any atom is -0.351 e. The fraction of sp³-hybridized carbons (Fsp3) is 0.400. The van der Waals surface area contributed by atoms with Gasteiger partial charge in [0.15, 0.2) is 17.4 Å². The van der Waals surface area contributed by atoms with Crippen LogP contribution in [0.2, 0.25) is 0 Å². The second-order valence-electron chi connectivity index (χ2n) is 1.60. The fourth-order valence-electron chi connectivity index (χ4n) is 0.576. The minimum atomic E-state index is 0. The molecule has 9 heavy (non-hydrogen) atoms. The number of rotatable bonds is 2. The highest BCUT2D eigenvalue weighted by Gasteiger charge is 1.87. The van der Waals surface area contributed by atoms with Crippen LogP contribution in [0.1, 0.15) is 5.69 Å². The number of H-pyrrole nitrogens is 1. The summed E-state index contributed by atoms with van der Waals surface area (Å²) in [7, 11) is 0. The van der Waals surface area contributed by atoms with E-state index < -0.39 is 0 Å². The normalized spacial score (nSPS) is 8.56. The summed E-state index contributed by atoms with van der Waals surface area (Å²) in [5.74, 6) is 0. The number of nitrogens with one attached hydrogen (secondary N) is 1. The zero-order valence-corrected chi connectivity index (χ0v) is 4.59. The molecule has 0 aliphatic carbocycles. The number of nitrogens with two attached hydrogens (primary N) is 1. The van der Waals surface area contributed by atoms with Gasteiger partial charge in [-0.05, 0) is 6.54 Å². The first kappa shape index (κ1) is 8.70. The SMILES string of the molecule is NCCc1c[nH]cn1.[AlH3]. The van der Waals surface area contributed by atoms with Gasteiger partial charge in [-0.25, -0.2) is 4.98 Å². The Balaban J connectivity index is 0.000000640. The predicted molar refractivity (Wildman–Crippen MR) is 41.3 cm³/mol. The molecule has 0 amide bonds. The second kappa shape index (κ2) is 4.57. The van der Waals surface area contributed by atoms with Gasteiger partial charge >= 0.3 is 0 Å². The van der Waals surface area contributed by atoms with Gasteiger partial charge in [0.25, 0.3) is 0 Å². The fourth-order valence-corrected chi connectivity index (χ4v) is 0.576. The Kier molecular flexibility index (Phi) is 4.42. The van der Waals surface area contributed by atoms with Crippen molar-refractivity contribution >= 4 is 17.4 Å². The molecule has 0 bridgehead atoms. The van der Waals surface area contributed by atoms with E-state index in [-0.39, 0.29) is 17.4 Å². The zero-order valence-electron chi connectivity index (χ0n) is 4.59. The number of aromatic amines is 1. The summed E-state index contributed by atoms with van der Waals surface area (Å²) in [4.78, 5) is 6.82. The molecule has 1 rings (SSSR count). The predicted octanol–water partition coefficient (Wildman–Crippen LogP) is -1.27. The molecule has 0 atom stereocenters. The highest BCUT2D eigenvalue weighted by atomic mass is 27.0. The molecule has 50 valence electrons. The molecule has 0 aliphatic heterocycles. The van der Waals surface area contributed by atoms with E-state index in [2.05, 4.69) is 9.97 Å². The molecule has 0 spiro atoms. The smallest absolute Gasteiger partial charge is 0.187 e. The molecule has 1 aromatic heterocycles. The molecule has 3 nitrogen and oxygen atoms in total. The molecule has 1 aromatic rings. The Morgan fingerprint density at radius 2 is 2.44 bits per heavy atom. The molecule has 0 radical (unpaired) electrons. The highest BCUT2D eigenvalue weighted by molar-refractivity contribution is 5.75. The van der Waals surface area contributed by atoms with Crippen molar-refractivity contribution in [1.82, 2.24) is 9.97 Å². The van der Waals surface area contributed by atoms with Crippen molar-refractivity contribution in [2.75, 3.05) is 6.54 Å². The standard InChI is InChI=1S/C5H9N3.Al.3H/c6-2-1-5-3-7-4-8-5;;;;/h3-4H,1-2,6H2,(H,7,8);;;;. The lowest BCUT2D eigenvalue weighted by Gasteiger charge is -1.85. The average molecular weight is 141 g/mol. The lowest BCUT2D eigenvalue weighted by Crippen LogP contribution is -2.02. The van der Waals surface area contributed by atoms with Crippen LogP contribution in [-0.2, 0) is 6.42 Å². The third-order valence-electron chi connectivity index (χ3n) is 0.955. The van der Waals surface area contributed by atoms with E-state index in [1.165, 1.54) is 0 Å². The maximum absolute atomic E-state index is 5.27. The van der Waals surface area contributed by atoms with Gasteiger partial charge in [-0.2, -0.15) is 0 Å². The summed E-state index contributed by atoms with van der Waals surface area (Å²) in [6, 6.07) is 0. The topological polar surface area (TPSA) is 54.7 Å². The van der Waals surface area contributed by atoms with Crippen molar-refractivity contribution in [2.24, 2.45) is 5.73 Å². The van der Waals surface area contributed by atoms with E-state index in [1.807, 2.05) is 6.20 Å². The quantitative estimate of drug-likeness (QED) is 0.504. The number of hydrogen-bond donors (Lipinski definition) is 2. The van der Waals surface area contributed by atoms with E-state index in [4.69, 9.17) is 5.73 Å². The van der Waals surface area contributed by atoms with Crippen LogP contribution in [0, 0.1) is 0 Å². The first-order valence-electron chi connectivity index (χ1n) is 2.61. The van der Waals surface area contributed by atoms with Crippen LogP contribution < -0.4 is 5.73 Å². The van der Waals surface area contributed by atoms with Crippen molar-refractivity contribution < 1.29 is 0 Å². The number of hydrogen-bond acceptors (Lipinski definition) is 2. The molecule has 0 saturated heterocycles. The summed E-state index contributed by atoms with van der Waals surface area (Å²) < 4.78 is 0. The van der Waals surface area contributed by atoms with Gasteiger partial charge in [-0.3, -0.25) is 0 Å². The number of aromatic nitrogens is 2. The van der Waals surface area contributed by atoms with Crippen LogP contribution in [-0.4, -0.2) is 33.9 Å². The van der Waals surface area contributed by atoms with Gasteiger partial charge in [0.2, 0.25) is 0 Å². The second-order valence-corrected chi connectivity index (χ2v) is 1.60. The maximum atomic E-state index is 5.27. The zero-order chi connectivity index (χ0) is 5.82. The molecule has 1 heterocycles. The van der Waals surface area contributed by atoms with Crippen LogP contribution in [0.3, 0.4) is 0 Å². The Hall–Kier alpha value is -0.298. The largest absolute Gasteiger partial charge is 0.351 e. The molecular formula is C5H12AlN3. The van der Waals surface area contributed by atoms with Gasteiger partial charge in [0.05, 0.1) is 12.0 Å². The van der Waals surface area contributed by atoms with Gasteiger partial charge < -0.3 is 10.7 Å². The lowest BCUT2D eigenvalue weighted by atomic mass is 10.3. The van der Waals surface area contributed by atoms with Crippen LogP contribution in [0.5, 0.6) is 0 Å². The number of nitrogens with zero attached hydrogens (tertiary/aromatic N) is 1. The van der Waals surface area contributed by atoms with Crippen LogP contribution >= 0.6 is 0 Å². The number of imidazole rings is 1. The first-order chi connectivity index (χ1) is 3.93. The van der Waals surface area contributed by atoms with E-state index in [1.54, 1.807) is 6.33 Å². The monoisotopic (exact) mass is 141 g/mol. The Bertz CT molecular complexity index is 138. The highest BCUT2D eigenvalue weighted by Crippen LogP contribution is 1.88. The Morgan fingerprint density at radius 3 is 2.89 bits per heavy atom. The molecule has 4 heteroatoms. The van der Waals surface area contributed by atoms with E-state index in [0.29, 0.717) is 6.54 Å². The maximum Gasteiger partial charge on any atom is 0.187 e. The molecule has 0 unspecified atom stereocenters. The van der Waals surface area contributed by atoms with Gasteiger partial charge in [-0.1, -0.05) is 0 Å². The van der Waals surface area contributed by atoms with Crippen molar-refractivity contribution in [3.63, 3.8) is 0 Å². The van der Waals surface area contributed by atoms with Crippen molar-refractivity contribution in [3.8, 4) is 0 Å². The lowest BCUT2D eigenvalue weighted by molar-refractivity contribution is 0.935. The third-order valence-corrected chi connectivity index (χ3v) is 0.955. The summed E-state index contributed by atoms with van der Waals surface area (Å²) >= 11 is 0. The molecule has 3 N–H and O–H groups in total. The summed E-state index contributed by atoms with van der Waals surface area (Å²) in [6.07, 6.45) is 4.38. The third kappa shape index (κ3) is 2.66. The summed E-state index contributed by atoms with van der Waals surface area (Å²) in [5, 5.41) is 0. The van der Waals surface area contributed by atoms with Crippen LogP contribution in [0.25, 0.3) is 0 Å². The Labute approximate surface area is 64.8 Å². The van der Waals surface area contributed by atoms with E-state index in [9.17, 15) is 0 Å². The van der Waals surface area contributed by atoms with Crippen LogP contribution in [0.4, 0.5) is 0 Å². The van der Waals surface area contributed by atoms with Gasteiger partial charge in [0.1, 0.15) is 0 Å². The van der Waals surface area contributed by atoms with Crippen molar-refractivity contribution in [2.45, 2.75) is 6.42 Å². The molecular weight excluding hydrogens is 129 g/mol. The molecule has 0 aliphatic rings. The first-order valence-corrected chi connectivity index (χ1v) is 2.61. The molecule has 0 aromatic carbocycles.